The van der Waals surface area contributed by atoms with Crippen LogP contribution in [0.4, 0.5) is 11.6 Å². The summed E-state index contributed by atoms with van der Waals surface area (Å²) in [6.07, 6.45) is 3.04. The molecule has 124 valence electrons. The molecular weight excluding hydrogens is 379 g/mol. The predicted molar refractivity (Wildman–Crippen MR) is 103 cm³/mol. The van der Waals surface area contributed by atoms with Crippen LogP contribution in [-0.2, 0) is 0 Å². The van der Waals surface area contributed by atoms with Crippen LogP contribution in [0.3, 0.4) is 0 Å². The first-order chi connectivity index (χ1) is 12.0. The van der Waals surface area contributed by atoms with Crippen molar-refractivity contribution in [3.8, 4) is 22.0 Å². The van der Waals surface area contributed by atoms with E-state index in [1.54, 1.807) is 30.5 Å². The molecule has 0 bridgehead atoms. The molecule has 0 spiro atoms. The number of rotatable bonds is 2. The fourth-order valence-corrected chi connectivity index (χ4v) is 4.23. The molecule has 0 aliphatic rings. The van der Waals surface area contributed by atoms with Gasteiger partial charge < -0.3 is 11.5 Å². The third-order valence-electron chi connectivity index (χ3n) is 3.52. The van der Waals surface area contributed by atoms with Crippen LogP contribution in [0.25, 0.3) is 32.2 Å². The van der Waals surface area contributed by atoms with Crippen LogP contribution in [0.1, 0.15) is 0 Å². The van der Waals surface area contributed by atoms with Gasteiger partial charge in [0.15, 0.2) is 5.82 Å². The summed E-state index contributed by atoms with van der Waals surface area (Å²) < 4.78 is 0.806. The van der Waals surface area contributed by atoms with Gasteiger partial charge in [0.05, 0.1) is 26.5 Å². The van der Waals surface area contributed by atoms with Crippen molar-refractivity contribution in [2.24, 2.45) is 0 Å². The Morgan fingerprint density at radius 1 is 0.920 bits per heavy atom. The minimum absolute atomic E-state index is 0.250. The summed E-state index contributed by atoms with van der Waals surface area (Å²) >= 11 is 14.0. The van der Waals surface area contributed by atoms with E-state index in [2.05, 4.69) is 19.9 Å². The summed E-state index contributed by atoms with van der Waals surface area (Å²) in [5.74, 6) is 0.516. The Balaban J connectivity index is 1.98. The second-order valence-electron chi connectivity index (χ2n) is 5.15. The topological polar surface area (TPSA) is 104 Å². The summed E-state index contributed by atoms with van der Waals surface area (Å²) in [6, 6.07) is 7.14. The maximum atomic E-state index is 6.30. The van der Waals surface area contributed by atoms with Crippen molar-refractivity contribution in [1.82, 2.24) is 19.9 Å². The zero-order chi connectivity index (χ0) is 17.6. The summed E-state index contributed by atoms with van der Waals surface area (Å²) in [4.78, 5) is 17.3. The molecular formula is C16H10Cl2N6S. The number of nitrogen functional groups attached to an aromatic ring is 2. The number of hydrogen-bond acceptors (Lipinski definition) is 7. The Morgan fingerprint density at radius 2 is 1.68 bits per heavy atom. The van der Waals surface area contributed by atoms with Gasteiger partial charge in [0, 0.05) is 11.8 Å². The highest BCUT2D eigenvalue weighted by molar-refractivity contribution is 7.22. The lowest BCUT2D eigenvalue weighted by atomic mass is 10.2. The van der Waals surface area contributed by atoms with E-state index >= 15 is 0 Å². The summed E-state index contributed by atoms with van der Waals surface area (Å²) in [5, 5.41) is 1.75. The van der Waals surface area contributed by atoms with E-state index in [1.165, 1.54) is 17.5 Å². The van der Waals surface area contributed by atoms with Crippen LogP contribution in [-0.4, -0.2) is 19.9 Å². The largest absolute Gasteiger partial charge is 0.382 e. The molecule has 4 aromatic rings. The number of fused-ring (bicyclic) bond motifs is 1. The number of halogens is 2. The molecule has 0 aliphatic carbocycles. The van der Waals surface area contributed by atoms with Gasteiger partial charge in [0.1, 0.15) is 22.2 Å². The van der Waals surface area contributed by atoms with Crippen molar-refractivity contribution in [2.45, 2.75) is 0 Å². The number of hydrogen-bond donors (Lipinski definition) is 2. The fraction of sp³-hybridized carbons (Fsp3) is 0. The predicted octanol–water partition coefficient (Wildman–Crippen LogP) is 4.29. The molecule has 25 heavy (non-hydrogen) atoms. The van der Waals surface area contributed by atoms with E-state index in [-0.39, 0.29) is 11.6 Å². The van der Waals surface area contributed by atoms with E-state index < -0.39 is 0 Å². The average molecular weight is 389 g/mol. The Labute approximate surface area is 156 Å². The normalized spacial score (nSPS) is 11.1. The smallest absolute Gasteiger partial charge is 0.151 e. The van der Waals surface area contributed by atoms with E-state index in [0.29, 0.717) is 32.0 Å². The summed E-state index contributed by atoms with van der Waals surface area (Å²) in [5.41, 5.74) is 14.1. The molecule has 3 aromatic heterocycles. The van der Waals surface area contributed by atoms with E-state index in [1.807, 2.05) is 0 Å². The summed E-state index contributed by atoms with van der Waals surface area (Å²) in [7, 11) is 0. The standard InChI is InChI=1S/C16H10Cl2N6S/c17-7-2-1-3-8(18)11(7)16-23-9-4-5-21-12(14(9)25-16)13-15(20)22-6-10(19)24-13/h1-6H,(H2,19,24)(H2,20,22). The highest BCUT2D eigenvalue weighted by atomic mass is 35.5. The van der Waals surface area contributed by atoms with Gasteiger partial charge in [-0.05, 0) is 18.2 Å². The van der Waals surface area contributed by atoms with Gasteiger partial charge in [-0.25, -0.2) is 15.0 Å². The number of anilines is 2. The first-order valence-electron chi connectivity index (χ1n) is 7.13. The molecule has 0 unspecified atom stereocenters. The molecule has 0 fully saturated rings. The van der Waals surface area contributed by atoms with Crippen LogP contribution in [0.15, 0.2) is 36.7 Å². The number of aromatic nitrogens is 4. The van der Waals surface area contributed by atoms with Crippen molar-refractivity contribution >= 4 is 56.4 Å². The second-order valence-corrected chi connectivity index (χ2v) is 6.97. The molecule has 0 radical (unpaired) electrons. The Hall–Kier alpha value is -2.48. The number of thiazole rings is 1. The Morgan fingerprint density at radius 3 is 2.44 bits per heavy atom. The lowest BCUT2D eigenvalue weighted by Crippen LogP contribution is -2.01. The first kappa shape index (κ1) is 16.0. The Bertz CT molecular complexity index is 1090. The van der Waals surface area contributed by atoms with Gasteiger partial charge in [0.25, 0.3) is 0 Å². The maximum absolute atomic E-state index is 6.30. The second kappa shape index (κ2) is 6.11. The van der Waals surface area contributed by atoms with Crippen LogP contribution in [0.2, 0.25) is 10.0 Å². The molecule has 0 aliphatic heterocycles. The molecule has 6 nitrogen and oxygen atoms in total. The first-order valence-corrected chi connectivity index (χ1v) is 8.70. The minimum Gasteiger partial charge on any atom is -0.382 e. The van der Waals surface area contributed by atoms with Crippen molar-refractivity contribution in [3.63, 3.8) is 0 Å². The van der Waals surface area contributed by atoms with Crippen molar-refractivity contribution in [1.29, 1.82) is 0 Å². The van der Waals surface area contributed by atoms with E-state index in [4.69, 9.17) is 34.7 Å². The monoisotopic (exact) mass is 388 g/mol. The molecule has 9 heteroatoms. The molecule has 1 aromatic carbocycles. The SMILES string of the molecule is Nc1cnc(N)c(-c2nccc3nc(-c4c(Cl)cccc4Cl)sc23)n1. The highest BCUT2D eigenvalue weighted by Crippen LogP contribution is 2.41. The average Bonchev–Trinajstić information content (AvgIpc) is 3.00. The highest BCUT2D eigenvalue weighted by Gasteiger charge is 2.18. The molecule has 3 heterocycles. The van der Waals surface area contributed by atoms with Gasteiger partial charge in [-0.1, -0.05) is 29.3 Å². The van der Waals surface area contributed by atoms with Gasteiger partial charge in [-0.15, -0.1) is 11.3 Å². The number of nitrogens with zero attached hydrogens (tertiary/aromatic N) is 4. The Kier molecular flexibility index (Phi) is 3.91. The maximum Gasteiger partial charge on any atom is 0.151 e. The lowest BCUT2D eigenvalue weighted by molar-refractivity contribution is 1.20. The van der Waals surface area contributed by atoms with E-state index in [0.717, 1.165) is 10.2 Å². The number of pyridine rings is 1. The van der Waals surface area contributed by atoms with Crippen molar-refractivity contribution in [2.75, 3.05) is 11.5 Å². The van der Waals surface area contributed by atoms with Crippen LogP contribution in [0, 0.1) is 0 Å². The lowest BCUT2D eigenvalue weighted by Gasteiger charge is -2.04. The van der Waals surface area contributed by atoms with Crippen molar-refractivity contribution in [3.05, 3.63) is 46.7 Å². The zero-order valence-electron chi connectivity index (χ0n) is 12.6. The van der Waals surface area contributed by atoms with Crippen LogP contribution >= 0.6 is 34.5 Å². The quantitative estimate of drug-likeness (QED) is 0.530. The minimum atomic E-state index is 0.250. The van der Waals surface area contributed by atoms with E-state index in [9.17, 15) is 0 Å². The molecule has 4 N–H and O–H groups in total. The van der Waals surface area contributed by atoms with Crippen molar-refractivity contribution < 1.29 is 0 Å². The van der Waals surface area contributed by atoms with Gasteiger partial charge in [-0.3, -0.25) is 4.98 Å². The number of benzene rings is 1. The fourth-order valence-electron chi connectivity index (χ4n) is 2.42. The van der Waals surface area contributed by atoms with Gasteiger partial charge >= 0.3 is 0 Å². The van der Waals surface area contributed by atoms with Gasteiger partial charge in [-0.2, -0.15) is 0 Å². The molecule has 4 rings (SSSR count). The van der Waals surface area contributed by atoms with Crippen LogP contribution < -0.4 is 11.5 Å². The molecule has 0 saturated heterocycles. The zero-order valence-corrected chi connectivity index (χ0v) is 14.9. The molecule has 0 amide bonds. The molecule has 0 atom stereocenters. The van der Waals surface area contributed by atoms with Crippen LogP contribution in [0.5, 0.6) is 0 Å². The third kappa shape index (κ3) is 2.76. The number of nitrogens with two attached hydrogens (primary N) is 2. The van der Waals surface area contributed by atoms with Gasteiger partial charge in [0.2, 0.25) is 0 Å². The third-order valence-corrected chi connectivity index (χ3v) is 5.25. The summed E-state index contributed by atoms with van der Waals surface area (Å²) in [6.45, 7) is 0. The molecule has 0 saturated carbocycles.